The number of hydrogen-bond donors (Lipinski definition) is 3. The molecule has 0 saturated carbocycles. The minimum absolute atomic E-state index is 0.521. The zero-order valence-corrected chi connectivity index (χ0v) is 10.4. The zero-order valence-electron chi connectivity index (χ0n) is 10.4. The van der Waals surface area contributed by atoms with Crippen LogP contribution >= 0.6 is 0 Å². The number of anilines is 1. The predicted octanol–water partition coefficient (Wildman–Crippen LogP) is 1.29. The van der Waals surface area contributed by atoms with E-state index in [1.54, 1.807) is 0 Å². The van der Waals surface area contributed by atoms with Crippen molar-refractivity contribution in [3.05, 3.63) is 48.7 Å². The maximum atomic E-state index is 5.43. The van der Waals surface area contributed by atoms with E-state index in [1.165, 1.54) is 0 Å². The van der Waals surface area contributed by atoms with Crippen molar-refractivity contribution in [2.45, 2.75) is 0 Å². The van der Waals surface area contributed by atoms with Gasteiger partial charge < -0.3 is 11.1 Å². The SMILES string of the molecule is C=C(NC)c1ccc(N(/C=C\CN)NC)cc1. The Labute approximate surface area is 103 Å². The van der Waals surface area contributed by atoms with E-state index in [9.17, 15) is 0 Å². The molecule has 0 saturated heterocycles. The van der Waals surface area contributed by atoms with Crippen molar-refractivity contribution >= 4 is 11.4 Å². The summed E-state index contributed by atoms with van der Waals surface area (Å²) < 4.78 is 0. The van der Waals surface area contributed by atoms with E-state index < -0.39 is 0 Å². The van der Waals surface area contributed by atoms with E-state index in [0.29, 0.717) is 6.54 Å². The van der Waals surface area contributed by atoms with Crippen molar-refractivity contribution in [1.29, 1.82) is 0 Å². The fourth-order valence-electron chi connectivity index (χ4n) is 1.42. The lowest BCUT2D eigenvalue weighted by Crippen LogP contribution is -2.29. The topological polar surface area (TPSA) is 53.3 Å². The van der Waals surface area contributed by atoms with Gasteiger partial charge in [0.25, 0.3) is 0 Å². The molecule has 4 nitrogen and oxygen atoms in total. The highest BCUT2D eigenvalue weighted by Crippen LogP contribution is 2.16. The van der Waals surface area contributed by atoms with Crippen LogP contribution in [0.25, 0.3) is 5.70 Å². The third kappa shape index (κ3) is 3.62. The Hall–Kier alpha value is -1.78. The fraction of sp³-hybridized carbons (Fsp3) is 0.231. The lowest BCUT2D eigenvalue weighted by molar-refractivity contribution is 0.824. The number of nitrogens with one attached hydrogen (secondary N) is 2. The maximum Gasteiger partial charge on any atom is 0.0570 e. The van der Waals surface area contributed by atoms with Crippen LogP contribution in [-0.4, -0.2) is 20.6 Å². The number of hydrogen-bond acceptors (Lipinski definition) is 4. The van der Waals surface area contributed by atoms with Crippen molar-refractivity contribution in [2.75, 3.05) is 25.6 Å². The van der Waals surface area contributed by atoms with Gasteiger partial charge in [-0.1, -0.05) is 24.8 Å². The van der Waals surface area contributed by atoms with Crippen LogP contribution < -0.4 is 21.5 Å². The van der Waals surface area contributed by atoms with E-state index in [1.807, 2.05) is 55.6 Å². The molecule has 1 rings (SSSR count). The highest BCUT2D eigenvalue weighted by molar-refractivity contribution is 5.64. The molecule has 0 aromatic heterocycles. The molecule has 4 N–H and O–H groups in total. The molecule has 0 radical (unpaired) electrons. The van der Waals surface area contributed by atoms with Gasteiger partial charge >= 0.3 is 0 Å². The van der Waals surface area contributed by atoms with Crippen molar-refractivity contribution < 1.29 is 0 Å². The molecule has 0 bridgehead atoms. The summed E-state index contributed by atoms with van der Waals surface area (Å²) in [7, 11) is 3.72. The van der Waals surface area contributed by atoms with Crippen LogP contribution in [0.3, 0.4) is 0 Å². The van der Waals surface area contributed by atoms with Gasteiger partial charge in [0.1, 0.15) is 0 Å². The van der Waals surface area contributed by atoms with E-state index in [2.05, 4.69) is 17.3 Å². The number of nitrogens with zero attached hydrogens (tertiary/aromatic N) is 1. The Balaban J connectivity index is 2.85. The van der Waals surface area contributed by atoms with Gasteiger partial charge in [0.05, 0.1) is 5.69 Å². The maximum absolute atomic E-state index is 5.43. The molecule has 0 atom stereocenters. The lowest BCUT2D eigenvalue weighted by atomic mass is 10.1. The van der Waals surface area contributed by atoms with Gasteiger partial charge in [-0.25, -0.2) is 5.43 Å². The first kappa shape index (κ1) is 13.3. The molecule has 0 amide bonds. The smallest absolute Gasteiger partial charge is 0.0570 e. The predicted molar refractivity (Wildman–Crippen MR) is 74.3 cm³/mol. The average Bonchev–Trinajstić information content (AvgIpc) is 2.39. The number of nitrogens with two attached hydrogens (primary N) is 1. The summed E-state index contributed by atoms with van der Waals surface area (Å²) in [5.41, 5.74) is 11.5. The summed E-state index contributed by atoms with van der Waals surface area (Å²) in [6.07, 6.45) is 3.79. The second-order valence-electron chi connectivity index (χ2n) is 3.49. The van der Waals surface area contributed by atoms with Gasteiger partial charge in [0.15, 0.2) is 0 Å². The molecule has 0 spiro atoms. The van der Waals surface area contributed by atoms with Crippen molar-refractivity contribution in [3.63, 3.8) is 0 Å². The number of benzene rings is 1. The Bertz CT molecular complexity index is 381. The molecule has 0 heterocycles. The molecule has 0 aliphatic carbocycles. The summed E-state index contributed by atoms with van der Waals surface area (Å²) in [4.78, 5) is 0. The summed E-state index contributed by atoms with van der Waals surface area (Å²) in [5.74, 6) is 0. The molecule has 0 fully saturated rings. The lowest BCUT2D eigenvalue weighted by Gasteiger charge is -2.19. The summed E-state index contributed by atoms with van der Waals surface area (Å²) in [5, 5.41) is 4.93. The second kappa shape index (κ2) is 6.73. The zero-order chi connectivity index (χ0) is 12.7. The van der Waals surface area contributed by atoms with Gasteiger partial charge in [0, 0.05) is 32.5 Å². The first-order chi connectivity index (χ1) is 8.22. The Morgan fingerprint density at radius 3 is 2.47 bits per heavy atom. The standard InChI is InChI=1S/C13H20N4/c1-11(15-2)12-5-7-13(8-6-12)17(16-3)10-4-9-14/h4-8,10,15-16H,1,9,14H2,2-3H3/b10-4-. The summed E-state index contributed by atoms with van der Waals surface area (Å²) in [6.45, 7) is 4.44. The molecule has 1 aromatic carbocycles. The van der Waals surface area contributed by atoms with Crippen molar-refractivity contribution in [1.82, 2.24) is 10.7 Å². The van der Waals surface area contributed by atoms with Gasteiger partial charge in [-0.05, 0) is 17.7 Å². The van der Waals surface area contributed by atoms with Gasteiger partial charge in [-0.3, -0.25) is 5.01 Å². The fourth-order valence-corrected chi connectivity index (χ4v) is 1.42. The average molecular weight is 232 g/mol. The molecule has 4 heteroatoms. The van der Waals surface area contributed by atoms with Crippen LogP contribution in [0.4, 0.5) is 5.69 Å². The van der Waals surface area contributed by atoms with E-state index in [0.717, 1.165) is 16.9 Å². The van der Waals surface area contributed by atoms with Crippen molar-refractivity contribution in [3.8, 4) is 0 Å². The van der Waals surface area contributed by atoms with Gasteiger partial charge in [-0.15, -0.1) is 0 Å². The minimum atomic E-state index is 0.521. The second-order valence-corrected chi connectivity index (χ2v) is 3.49. The van der Waals surface area contributed by atoms with Crippen LogP contribution in [-0.2, 0) is 0 Å². The summed E-state index contributed by atoms with van der Waals surface area (Å²) in [6, 6.07) is 8.09. The molecule has 0 unspecified atom stereocenters. The quantitative estimate of drug-likeness (QED) is 0.647. The molecular weight excluding hydrogens is 212 g/mol. The minimum Gasteiger partial charge on any atom is -0.388 e. The van der Waals surface area contributed by atoms with Crippen LogP contribution in [0.15, 0.2) is 43.1 Å². The van der Waals surface area contributed by atoms with Crippen molar-refractivity contribution in [2.24, 2.45) is 5.73 Å². The third-order valence-corrected chi connectivity index (χ3v) is 2.43. The molecule has 92 valence electrons. The summed E-state index contributed by atoms with van der Waals surface area (Å²) >= 11 is 0. The van der Waals surface area contributed by atoms with Gasteiger partial charge in [0.2, 0.25) is 0 Å². The van der Waals surface area contributed by atoms with Crippen LogP contribution in [0, 0.1) is 0 Å². The monoisotopic (exact) mass is 232 g/mol. The normalized spacial score (nSPS) is 10.5. The molecule has 0 aliphatic heterocycles. The molecular formula is C13H20N4. The third-order valence-electron chi connectivity index (χ3n) is 2.43. The van der Waals surface area contributed by atoms with E-state index >= 15 is 0 Å². The van der Waals surface area contributed by atoms with Crippen LogP contribution in [0.5, 0.6) is 0 Å². The molecule has 0 aliphatic rings. The first-order valence-corrected chi connectivity index (χ1v) is 5.53. The highest BCUT2D eigenvalue weighted by Gasteiger charge is 2.01. The van der Waals surface area contributed by atoms with Crippen LogP contribution in [0.1, 0.15) is 5.56 Å². The van der Waals surface area contributed by atoms with E-state index in [4.69, 9.17) is 5.73 Å². The number of hydrazine groups is 1. The molecule has 1 aromatic rings. The Morgan fingerprint density at radius 1 is 1.35 bits per heavy atom. The Morgan fingerprint density at radius 2 is 2.00 bits per heavy atom. The first-order valence-electron chi connectivity index (χ1n) is 5.53. The molecule has 17 heavy (non-hydrogen) atoms. The Kier molecular flexibility index (Phi) is 5.26. The van der Waals surface area contributed by atoms with Crippen LogP contribution in [0.2, 0.25) is 0 Å². The highest BCUT2D eigenvalue weighted by atomic mass is 15.5. The van der Waals surface area contributed by atoms with E-state index in [-0.39, 0.29) is 0 Å². The largest absolute Gasteiger partial charge is 0.388 e. The van der Waals surface area contributed by atoms with Gasteiger partial charge in [-0.2, -0.15) is 0 Å². The number of rotatable bonds is 6.